The van der Waals surface area contributed by atoms with Gasteiger partial charge in [0.15, 0.2) is 12.4 Å². The number of halogens is 1. The molecule has 10 unspecified atom stereocenters. The lowest BCUT2D eigenvalue weighted by Crippen LogP contribution is -2.66. The SMILES string of the molecule is CC(=O)OC1C(COCc2ccccc2)OC(OC2C(F)OC(COCc3ccccc3)C(OCc3ccccc3)C2OCc2ccccc2)C(Nc2ccccc2)C1OCc1ccccc1. The molecule has 2 fully saturated rings. The van der Waals surface area contributed by atoms with E-state index in [2.05, 4.69) is 5.32 Å². The highest BCUT2D eigenvalue weighted by atomic mass is 19.1. The summed E-state index contributed by atoms with van der Waals surface area (Å²) in [6, 6.07) is 57.1. The summed E-state index contributed by atoms with van der Waals surface area (Å²) in [5, 5.41) is 3.55. The van der Waals surface area contributed by atoms with Crippen LogP contribution < -0.4 is 5.32 Å². The number of benzene rings is 6. The number of carbonyl (C=O) groups is 1. The van der Waals surface area contributed by atoms with Gasteiger partial charge >= 0.3 is 5.97 Å². The summed E-state index contributed by atoms with van der Waals surface area (Å²) in [6.07, 6.45) is -10.4. The van der Waals surface area contributed by atoms with Crippen molar-refractivity contribution in [2.24, 2.45) is 0 Å². The lowest BCUT2D eigenvalue weighted by Gasteiger charge is -2.49. The van der Waals surface area contributed by atoms with Gasteiger partial charge in [-0.15, -0.1) is 0 Å². The zero-order valence-corrected chi connectivity index (χ0v) is 37.5. The fraction of sp³-hybridized carbons (Fsp3) is 0.327. The summed E-state index contributed by atoms with van der Waals surface area (Å²) in [5.41, 5.74) is 5.27. The summed E-state index contributed by atoms with van der Waals surface area (Å²) in [5.74, 6) is -0.536. The van der Waals surface area contributed by atoms with Crippen LogP contribution in [0, 0.1) is 0 Å². The molecule has 6 aromatic carbocycles. The van der Waals surface area contributed by atoms with E-state index in [0.29, 0.717) is 5.69 Å². The topological polar surface area (TPSA) is 112 Å². The van der Waals surface area contributed by atoms with Crippen LogP contribution in [0.3, 0.4) is 0 Å². The second kappa shape index (κ2) is 24.8. The normalized spacial score (nSPS) is 25.0. The third kappa shape index (κ3) is 13.9. The second-order valence-electron chi connectivity index (χ2n) is 16.6. The molecule has 0 radical (unpaired) electrons. The first-order valence-corrected chi connectivity index (χ1v) is 22.8. The second-order valence-corrected chi connectivity index (χ2v) is 16.6. The van der Waals surface area contributed by atoms with Crippen LogP contribution in [-0.4, -0.2) is 80.6 Å². The van der Waals surface area contributed by atoms with Gasteiger partial charge in [0.25, 0.3) is 0 Å². The summed E-state index contributed by atoms with van der Waals surface area (Å²) in [4.78, 5) is 13.0. The van der Waals surface area contributed by atoms with Crippen molar-refractivity contribution in [1.29, 1.82) is 0 Å². The van der Waals surface area contributed by atoms with Crippen LogP contribution in [0.5, 0.6) is 0 Å². The Morgan fingerprint density at radius 3 is 1.31 bits per heavy atom. The number of para-hydroxylation sites is 1. The zero-order valence-electron chi connectivity index (χ0n) is 37.5. The van der Waals surface area contributed by atoms with Gasteiger partial charge in [0.1, 0.15) is 42.7 Å². The van der Waals surface area contributed by atoms with Crippen LogP contribution in [-0.2, 0) is 80.5 Å². The molecule has 10 atom stereocenters. The molecule has 0 aliphatic carbocycles. The van der Waals surface area contributed by atoms with Crippen molar-refractivity contribution in [2.45, 2.75) is 101 Å². The smallest absolute Gasteiger partial charge is 0.303 e. The van der Waals surface area contributed by atoms with Crippen LogP contribution in [0.2, 0.25) is 0 Å². The fourth-order valence-electron chi connectivity index (χ4n) is 8.29. The highest BCUT2D eigenvalue weighted by Crippen LogP contribution is 2.36. The molecule has 2 heterocycles. The lowest BCUT2D eigenvalue weighted by molar-refractivity contribution is -0.346. The summed E-state index contributed by atoms with van der Waals surface area (Å²) in [6.45, 7) is 2.31. The molecule has 1 N–H and O–H groups in total. The van der Waals surface area contributed by atoms with E-state index < -0.39 is 67.4 Å². The first-order valence-electron chi connectivity index (χ1n) is 22.8. The van der Waals surface area contributed by atoms with Crippen molar-refractivity contribution in [1.82, 2.24) is 0 Å². The standard InChI is InChI=1S/C55H58FNO10/c1-39(58)64-50-47(38-60-33-41-22-10-3-11-23-41)66-55(48(57-45-30-18-7-19-31-45)51(50)62-35-43-26-14-5-15-27-43)67-53-52(63-36-44-28-16-6-17-29-44)49(61-34-42-24-12-4-13-25-42)46(65-54(53)56)37-59-32-40-20-8-2-9-21-40/h2-31,46-55,57H,32-38H2,1H3. The number of anilines is 1. The molecular formula is C55H58FNO10. The van der Waals surface area contributed by atoms with Crippen LogP contribution >= 0.6 is 0 Å². The van der Waals surface area contributed by atoms with Gasteiger partial charge in [-0.2, -0.15) is 0 Å². The van der Waals surface area contributed by atoms with Gasteiger partial charge in [-0.25, -0.2) is 4.39 Å². The lowest BCUT2D eigenvalue weighted by atomic mass is 9.94. The molecule has 2 aliphatic heterocycles. The first-order chi connectivity index (χ1) is 33.0. The number of carbonyl (C=O) groups excluding carboxylic acids is 1. The van der Waals surface area contributed by atoms with Gasteiger partial charge in [0.2, 0.25) is 6.36 Å². The van der Waals surface area contributed by atoms with E-state index in [-0.39, 0.29) is 46.2 Å². The summed E-state index contributed by atoms with van der Waals surface area (Å²) >= 11 is 0. The van der Waals surface area contributed by atoms with Crippen LogP contribution in [0.1, 0.15) is 34.7 Å². The van der Waals surface area contributed by atoms with Gasteiger partial charge in [0, 0.05) is 12.6 Å². The minimum Gasteiger partial charge on any atom is -0.457 e. The van der Waals surface area contributed by atoms with Gasteiger partial charge < -0.3 is 47.9 Å². The molecule has 11 nitrogen and oxygen atoms in total. The van der Waals surface area contributed by atoms with Gasteiger partial charge in [-0.3, -0.25) is 4.79 Å². The predicted molar refractivity (Wildman–Crippen MR) is 250 cm³/mol. The Kier molecular flexibility index (Phi) is 17.7. The molecule has 0 bridgehead atoms. The molecule has 2 saturated heterocycles. The number of esters is 1. The van der Waals surface area contributed by atoms with E-state index >= 15 is 4.39 Å². The Hall–Kier alpha value is -5.80. The van der Waals surface area contributed by atoms with Crippen LogP contribution in [0.25, 0.3) is 0 Å². The van der Waals surface area contributed by atoms with Crippen LogP contribution in [0.15, 0.2) is 182 Å². The Labute approximate surface area is 392 Å². The van der Waals surface area contributed by atoms with E-state index in [1.807, 2.05) is 182 Å². The third-order valence-electron chi connectivity index (χ3n) is 11.6. The Morgan fingerprint density at radius 1 is 0.478 bits per heavy atom. The first kappa shape index (κ1) is 47.7. The molecule has 0 spiro atoms. The largest absolute Gasteiger partial charge is 0.457 e. The summed E-state index contributed by atoms with van der Waals surface area (Å²) < 4.78 is 76.2. The van der Waals surface area contributed by atoms with Crippen molar-refractivity contribution < 1.29 is 51.8 Å². The van der Waals surface area contributed by atoms with Crippen LogP contribution in [0.4, 0.5) is 10.1 Å². The average Bonchev–Trinajstić information content (AvgIpc) is 3.36. The molecule has 350 valence electrons. The van der Waals surface area contributed by atoms with E-state index in [1.165, 1.54) is 6.92 Å². The molecule has 0 aromatic heterocycles. The minimum absolute atomic E-state index is 0.00506. The average molecular weight is 912 g/mol. The van der Waals surface area contributed by atoms with E-state index in [4.69, 9.17) is 42.6 Å². The summed E-state index contributed by atoms with van der Waals surface area (Å²) in [7, 11) is 0. The minimum atomic E-state index is -2.04. The molecule has 0 saturated carbocycles. The fourth-order valence-corrected chi connectivity index (χ4v) is 8.29. The van der Waals surface area contributed by atoms with Gasteiger partial charge in [0.05, 0.1) is 46.2 Å². The van der Waals surface area contributed by atoms with Crippen molar-refractivity contribution in [3.05, 3.63) is 210 Å². The maximum Gasteiger partial charge on any atom is 0.303 e. The maximum absolute atomic E-state index is 17.3. The molecule has 12 heteroatoms. The number of ether oxygens (including phenoxy) is 9. The van der Waals surface area contributed by atoms with E-state index in [1.54, 1.807) is 0 Å². The van der Waals surface area contributed by atoms with E-state index in [9.17, 15) is 4.79 Å². The molecule has 67 heavy (non-hydrogen) atoms. The Bertz CT molecular complexity index is 2320. The number of rotatable bonds is 22. The zero-order chi connectivity index (χ0) is 46.0. The Morgan fingerprint density at radius 2 is 0.866 bits per heavy atom. The highest BCUT2D eigenvalue weighted by molar-refractivity contribution is 5.66. The van der Waals surface area contributed by atoms with Crippen molar-refractivity contribution in [2.75, 3.05) is 18.5 Å². The highest BCUT2D eigenvalue weighted by Gasteiger charge is 2.54. The molecule has 6 aromatic rings. The molecule has 2 aliphatic rings. The van der Waals surface area contributed by atoms with Crippen molar-refractivity contribution in [3.63, 3.8) is 0 Å². The number of hydrogen-bond acceptors (Lipinski definition) is 11. The Balaban J connectivity index is 1.15. The number of alkyl halides is 1. The van der Waals surface area contributed by atoms with Gasteiger partial charge in [-0.05, 0) is 39.9 Å². The maximum atomic E-state index is 17.3. The van der Waals surface area contributed by atoms with Gasteiger partial charge in [-0.1, -0.05) is 170 Å². The number of nitrogens with one attached hydrogen (secondary N) is 1. The quantitative estimate of drug-likeness (QED) is 0.0658. The third-order valence-corrected chi connectivity index (χ3v) is 11.6. The predicted octanol–water partition coefficient (Wildman–Crippen LogP) is 9.39. The monoisotopic (exact) mass is 911 g/mol. The van der Waals surface area contributed by atoms with E-state index in [0.717, 1.165) is 27.8 Å². The number of hydrogen-bond donors (Lipinski definition) is 1. The molecule has 8 rings (SSSR count). The van der Waals surface area contributed by atoms with Crippen molar-refractivity contribution in [3.8, 4) is 0 Å². The molecule has 0 amide bonds. The van der Waals surface area contributed by atoms with Crippen molar-refractivity contribution >= 4 is 11.7 Å². The molecular weight excluding hydrogens is 854 g/mol.